The summed E-state index contributed by atoms with van der Waals surface area (Å²) in [5, 5.41) is 18.3. The number of nitro groups is 1. The zero-order valence-electron chi connectivity index (χ0n) is 19.3. The first-order valence-electron chi connectivity index (χ1n) is 11.1. The summed E-state index contributed by atoms with van der Waals surface area (Å²) < 4.78 is 6.83. The minimum atomic E-state index is -0.483. The molecule has 2 heterocycles. The van der Waals surface area contributed by atoms with Gasteiger partial charge in [-0.3, -0.25) is 14.9 Å². The van der Waals surface area contributed by atoms with Gasteiger partial charge in [-0.25, -0.2) is 9.97 Å². The number of amides is 1. The standard InChI is InChI=1S/C24H25N7O4/c1-15(2)35-12-6-11-26-24(32)20-21-23(29-19-10-4-3-9-18(19)28-21)30(22(20)25)27-14-16-7-5-8-17(13-16)31(33)34/h3-5,7-10,13-15H,6,11-12,25H2,1-2H3,(H,26,32)/b27-14-. The molecule has 2 aromatic heterocycles. The number of nitrogens with one attached hydrogen (secondary N) is 1. The third-order valence-electron chi connectivity index (χ3n) is 5.16. The molecule has 11 heteroatoms. The van der Waals surface area contributed by atoms with E-state index in [0.29, 0.717) is 47.3 Å². The summed E-state index contributed by atoms with van der Waals surface area (Å²) in [7, 11) is 0. The van der Waals surface area contributed by atoms with Crippen molar-refractivity contribution >= 4 is 45.8 Å². The molecule has 0 fully saturated rings. The highest BCUT2D eigenvalue weighted by molar-refractivity contribution is 6.10. The van der Waals surface area contributed by atoms with Crippen molar-refractivity contribution in [1.82, 2.24) is 20.0 Å². The van der Waals surface area contributed by atoms with Crippen molar-refractivity contribution in [3.63, 3.8) is 0 Å². The maximum absolute atomic E-state index is 13.1. The lowest BCUT2D eigenvalue weighted by Crippen LogP contribution is -2.26. The number of fused-ring (bicyclic) bond motifs is 2. The Bertz CT molecular complexity index is 1430. The number of aromatic nitrogens is 3. The number of nitrogens with zero attached hydrogens (tertiary/aromatic N) is 5. The van der Waals surface area contributed by atoms with Gasteiger partial charge in [-0.15, -0.1) is 0 Å². The van der Waals surface area contributed by atoms with Crippen LogP contribution in [-0.4, -0.2) is 50.9 Å². The van der Waals surface area contributed by atoms with Crippen LogP contribution in [0.2, 0.25) is 0 Å². The van der Waals surface area contributed by atoms with E-state index in [9.17, 15) is 14.9 Å². The Hall–Kier alpha value is -4.38. The van der Waals surface area contributed by atoms with E-state index in [1.807, 2.05) is 26.0 Å². The molecule has 0 aliphatic carbocycles. The summed E-state index contributed by atoms with van der Waals surface area (Å²) in [5.41, 5.74) is 8.80. The van der Waals surface area contributed by atoms with Gasteiger partial charge < -0.3 is 15.8 Å². The fraction of sp³-hybridized carbons (Fsp3) is 0.250. The molecule has 11 nitrogen and oxygen atoms in total. The van der Waals surface area contributed by atoms with Crippen LogP contribution in [0.3, 0.4) is 0 Å². The van der Waals surface area contributed by atoms with Gasteiger partial charge in [0.05, 0.1) is 28.3 Å². The maximum Gasteiger partial charge on any atom is 0.270 e. The molecule has 0 radical (unpaired) electrons. The predicted octanol–water partition coefficient (Wildman–Crippen LogP) is 3.50. The Kier molecular flexibility index (Phi) is 6.97. The van der Waals surface area contributed by atoms with Crippen LogP contribution in [0, 0.1) is 10.1 Å². The van der Waals surface area contributed by atoms with Gasteiger partial charge in [0.15, 0.2) is 5.65 Å². The quantitative estimate of drug-likeness (QED) is 0.163. The summed E-state index contributed by atoms with van der Waals surface area (Å²) in [6.45, 7) is 4.82. The Labute approximate surface area is 200 Å². The third-order valence-corrected chi connectivity index (χ3v) is 5.16. The highest BCUT2D eigenvalue weighted by Crippen LogP contribution is 2.28. The summed E-state index contributed by atoms with van der Waals surface area (Å²) in [6, 6.07) is 13.3. The van der Waals surface area contributed by atoms with E-state index < -0.39 is 10.8 Å². The molecule has 35 heavy (non-hydrogen) atoms. The predicted molar refractivity (Wildman–Crippen MR) is 134 cm³/mol. The second-order valence-corrected chi connectivity index (χ2v) is 8.08. The van der Waals surface area contributed by atoms with Crippen LogP contribution in [0.15, 0.2) is 53.6 Å². The molecule has 0 aliphatic rings. The van der Waals surface area contributed by atoms with Gasteiger partial charge in [-0.05, 0) is 32.4 Å². The van der Waals surface area contributed by atoms with Crippen molar-refractivity contribution < 1.29 is 14.5 Å². The first-order chi connectivity index (χ1) is 16.8. The second kappa shape index (κ2) is 10.3. The van der Waals surface area contributed by atoms with Crippen molar-refractivity contribution in [2.45, 2.75) is 26.4 Å². The van der Waals surface area contributed by atoms with Crippen LogP contribution in [-0.2, 0) is 4.74 Å². The average molecular weight is 476 g/mol. The fourth-order valence-electron chi connectivity index (χ4n) is 3.51. The number of carbonyl (C=O) groups is 1. The summed E-state index contributed by atoms with van der Waals surface area (Å²) in [6.07, 6.45) is 2.18. The number of ether oxygens (including phenoxy) is 1. The van der Waals surface area contributed by atoms with Crippen molar-refractivity contribution in [2.75, 3.05) is 18.9 Å². The van der Waals surface area contributed by atoms with E-state index in [4.69, 9.17) is 10.5 Å². The normalized spacial score (nSPS) is 11.6. The Morgan fingerprint density at radius 1 is 1.23 bits per heavy atom. The van der Waals surface area contributed by atoms with Gasteiger partial charge in [-0.1, -0.05) is 24.3 Å². The molecule has 4 aromatic rings. The number of benzene rings is 2. The van der Waals surface area contributed by atoms with Gasteiger partial charge in [0.25, 0.3) is 11.6 Å². The Balaban J connectivity index is 1.72. The van der Waals surface area contributed by atoms with E-state index in [1.54, 1.807) is 24.3 Å². The molecule has 0 unspecified atom stereocenters. The van der Waals surface area contributed by atoms with Crippen molar-refractivity contribution in [1.29, 1.82) is 0 Å². The summed E-state index contributed by atoms with van der Waals surface area (Å²) in [4.78, 5) is 32.9. The third kappa shape index (κ3) is 5.25. The van der Waals surface area contributed by atoms with E-state index >= 15 is 0 Å². The van der Waals surface area contributed by atoms with Crippen molar-refractivity contribution in [3.8, 4) is 0 Å². The number of nitrogen functional groups attached to an aromatic ring is 1. The number of nitro benzene ring substituents is 1. The molecule has 0 bridgehead atoms. The largest absolute Gasteiger partial charge is 0.383 e. The van der Waals surface area contributed by atoms with Gasteiger partial charge in [0.2, 0.25) is 0 Å². The summed E-state index contributed by atoms with van der Waals surface area (Å²) >= 11 is 0. The SMILES string of the molecule is CC(C)OCCCNC(=O)c1c(N)n(/N=C\c2cccc([N+](=O)[O-])c2)c2nc3ccccc3nc12. The average Bonchev–Trinajstić information content (AvgIpc) is 3.10. The lowest BCUT2D eigenvalue weighted by atomic mass is 10.2. The maximum atomic E-state index is 13.1. The molecule has 0 saturated heterocycles. The molecule has 0 saturated carbocycles. The highest BCUT2D eigenvalue weighted by Gasteiger charge is 2.24. The highest BCUT2D eigenvalue weighted by atomic mass is 16.6. The number of carbonyl (C=O) groups excluding carboxylic acids is 1. The van der Waals surface area contributed by atoms with Gasteiger partial charge >= 0.3 is 0 Å². The van der Waals surface area contributed by atoms with E-state index in [-0.39, 0.29) is 23.2 Å². The van der Waals surface area contributed by atoms with Crippen LogP contribution < -0.4 is 11.1 Å². The zero-order valence-corrected chi connectivity index (χ0v) is 19.3. The lowest BCUT2D eigenvalue weighted by Gasteiger charge is -2.08. The van der Waals surface area contributed by atoms with Crippen molar-refractivity contribution in [3.05, 3.63) is 69.8 Å². The molecule has 0 spiro atoms. The molecule has 180 valence electrons. The molecule has 3 N–H and O–H groups in total. The van der Waals surface area contributed by atoms with Crippen LogP contribution in [0.4, 0.5) is 11.5 Å². The number of nitrogens with two attached hydrogens (primary N) is 1. The number of hydrogen-bond donors (Lipinski definition) is 2. The van der Waals surface area contributed by atoms with E-state index in [1.165, 1.54) is 23.0 Å². The van der Waals surface area contributed by atoms with Crippen LogP contribution in [0.1, 0.15) is 36.2 Å². The molecule has 0 aliphatic heterocycles. The molecular weight excluding hydrogens is 450 g/mol. The minimum Gasteiger partial charge on any atom is -0.383 e. The fourth-order valence-corrected chi connectivity index (χ4v) is 3.51. The molecule has 4 rings (SSSR count). The zero-order chi connectivity index (χ0) is 24.9. The number of rotatable bonds is 9. The smallest absolute Gasteiger partial charge is 0.270 e. The second-order valence-electron chi connectivity index (χ2n) is 8.08. The van der Waals surface area contributed by atoms with Gasteiger partial charge in [-0.2, -0.15) is 9.78 Å². The lowest BCUT2D eigenvalue weighted by molar-refractivity contribution is -0.384. The Morgan fingerprint density at radius 3 is 2.69 bits per heavy atom. The van der Waals surface area contributed by atoms with Gasteiger partial charge in [0.1, 0.15) is 16.9 Å². The number of anilines is 1. The van der Waals surface area contributed by atoms with E-state index in [0.717, 1.165) is 0 Å². The summed E-state index contributed by atoms with van der Waals surface area (Å²) in [5.74, 6) is -0.334. The molecular formula is C24H25N7O4. The number of para-hydroxylation sites is 2. The van der Waals surface area contributed by atoms with Crippen molar-refractivity contribution in [2.24, 2.45) is 5.10 Å². The monoisotopic (exact) mass is 475 g/mol. The van der Waals surface area contributed by atoms with Crippen LogP contribution >= 0.6 is 0 Å². The van der Waals surface area contributed by atoms with Crippen LogP contribution in [0.5, 0.6) is 0 Å². The number of non-ortho nitro benzene ring substituents is 1. The minimum absolute atomic E-state index is 0.0629. The van der Waals surface area contributed by atoms with Gasteiger partial charge in [0, 0.05) is 30.8 Å². The molecule has 0 atom stereocenters. The number of hydrogen-bond acceptors (Lipinski definition) is 8. The van der Waals surface area contributed by atoms with Crippen LogP contribution in [0.25, 0.3) is 22.2 Å². The first kappa shape index (κ1) is 23.8. The topological polar surface area (TPSA) is 151 Å². The first-order valence-corrected chi connectivity index (χ1v) is 11.1. The molecule has 2 aromatic carbocycles. The van der Waals surface area contributed by atoms with E-state index in [2.05, 4.69) is 20.4 Å². The molecule has 1 amide bonds. The Morgan fingerprint density at radius 2 is 1.97 bits per heavy atom.